The minimum Gasteiger partial charge on any atom is -0.481 e. The Morgan fingerprint density at radius 1 is 0.902 bits per heavy atom. The molecule has 3 aliphatic rings. The van der Waals surface area contributed by atoms with Crippen LogP contribution in [0.3, 0.4) is 0 Å². The van der Waals surface area contributed by atoms with Crippen molar-refractivity contribution in [3.63, 3.8) is 0 Å². The first kappa shape index (κ1) is 42.0. The number of likely N-dealkylation sites (tertiary alicyclic amines) is 1. The number of nitrogens with one attached hydrogen (secondary N) is 2. The largest absolute Gasteiger partial charge is 0.481 e. The number of amides is 3. The minimum absolute atomic E-state index is 0.0526. The number of fused-ring (bicyclic) bond motifs is 1. The van der Waals surface area contributed by atoms with Gasteiger partial charge in [0, 0.05) is 44.0 Å². The Bertz CT molecular complexity index is 2290. The van der Waals surface area contributed by atoms with Crippen molar-refractivity contribution in [1.29, 1.82) is 0 Å². The van der Waals surface area contributed by atoms with E-state index in [-0.39, 0.29) is 23.8 Å². The van der Waals surface area contributed by atoms with Gasteiger partial charge in [-0.1, -0.05) is 55.5 Å². The van der Waals surface area contributed by atoms with E-state index in [0.29, 0.717) is 71.6 Å². The Morgan fingerprint density at radius 3 is 2.36 bits per heavy atom. The van der Waals surface area contributed by atoms with E-state index in [1.54, 1.807) is 6.20 Å². The molecule has 15 nitrogen and oxygen atoms in total. The first-order valence-corrected chi connectivity index (χ1v) is 22.2. The average molecular weight is 831 g/mol. The molecule has 1 aromatic carbocycles. The Kier molecular flexibility index (Phi) is 13.3. The fraction of sp³-hybridized carbons (Fsp3) is 0.522. The molecule has 1 unspecified atom stereocenters. The van der Waals surface area contributed by atoms with E-state index in [4.69, 9.17) is 25.1 Å². The summed E-state index contributed by atoms with van der Waals surface area (Å²) >= 11 is 0. The molecule has 3 fully saturated rings. The van der Waals surface area contributed by atoms with Crippen LogP contribution in [0.2, 0.25) is 0 Å². The summed E-state index contributed by atoms with van der Waals surface area (Å²) in [5.74, 6) is 2.12. The summed E-state index contributed by atoms with van der Waals surface area (Å²) < 4.78 is 13.6. The summed E-state index contributed by atoms with van der Waals surface area (Å²) in [5.41, 5.74) is 12.0. The first-order valence-electron chi connectivity index (χ1n) is 22.2. The third-order valence-corrected chi connectivity index (χ3v) is 12.3. The molecule has 1 atom stereocenters. The summed E-state index contributed by atoms with van der Waals surface area (Å²) in [5, 5.41) is 15.4. The van der Waals surface area contributed by atoms with E-state index in [0.717, 1.165) is 87.2 Å². The predicted octanol–water partition coefficient (Wildman–Crippen LogP) is 7.38. The van der Waals surface area contributed by atoms with Gasteiger partial charge in [-0.2, -0.15) is 5.10 Å². The average Bonchev–Trinajstić information content (AvgIpc) is 3.89. The maximum atomic E-state index is 12.7. The van der Waals surface area contributed by atoms with Gasteiger partial charge in [0.2, 0.25) is 11.8 Å². The van der Waals surface area contributed by atoms with Gasteiger partial charge in [-0.05, 0) is 107 Å². The zero-order valence-electron chi connectivity index (χ0n) is 35.4. The molecule has 0 spiro atoms. The zero-order valence-corrected chi connectivity index (χ0v) is 35.4. The second-order valence-electron chi connectivity index (χ2n) is 17.2. The smallest absolute Gasteiger partial charge is 0.267 e. The number of carbonyl (C=O) groups is 3. The van der Waals surface area contributed by atoms with Crippen molar-refractivity contribution in [3.8, 4) is 28.4 Å². The third-order valence-electron chi connectivity index (χ3n) is 12.3. The lowest BCUT2D eigenvalue weighted by molar-refractivity contribution is -0.138. The summed E-state index contributed by atoms with van der Waals surface area (Å²) in [6, 6.07) is 12.1. The Morgan fingerprint density at radius 2 is 1.66 bits per heavy atom. The first-order chi connectivity index (χ1) is 29.7. The van der Waals surface area contributed by atoms with Crippen molar-refractivity contribution >= 4 is 34.6 Å². The number of ether oxygens (including phenoxy) is 1. The number of imide groups is 1. The van der Waals surface area contributed by atoms with Crippen LogP contribution in [0, 0.1) is 0 Å². The monoisotopic (exact) mass is 830 g/mol. The molecule has 61 heavy (non-hydrogen) atoms. The Hall–Kier alpha value is -5.70. The molecule has 5 aromatic rings. The van der Waals surface area contributed by atoms with Crippen molar-refractivity contribution in [1.82, 2.24) is 45.4 Å². The number of piperidine rings is 2. The number of benzene rings is 1. The van der Waals surface area contributed by atoms with Crippen molar-refractivity contribution in [2.24, 2.45) is 0 Å². The van der Waals surface area contributed by atoms with Crippen LogP contribution >= 0.6 is 0 Å². The number of carbonyl (C=O) groups excluding carboxylic acids is 3. The van der Waals surface area contributed by atoms with Gasteiger partial charge in [-0.15, -0.1) is 0 Å². The topological polar surface area (TPSA) is 196 Å². The Labute approximate surface area is 356 Å². The number of rotatable bonds is 19. The van der Waals surface area contributed by atoms with Crippen LogP contribution < -0.4 is 21.1 Å². The van der Waals surface area contributed by atoms with Crippen LogP contribution in [0.1, 0.15) is 139 Å². The summed E-state index contributed by atoms with van der Waals surface area (Å²) in [6.45, 7) is 7.89. The van der Waals surface area contributed by atoms with Gasteiger partial charge in [-0.3, -0.25) is 24.7 Å². The molecule has 3 amide bonds. The number of hydrogen-bond donors (Lipinski definition) is 3. The molecule has 6 heterocycles. The predicted molar refractivity (Wildman–Crippen MR) is 231 cm³/mol. The quantitative estimate of drug-likeness (QED) is 0.0553. The summed E-state index contributed by atoms with van der Waals surface area (Å²) in [4.78, 5) is 52.2. The summed E-state index contributed by atoms with van der Waals surface area (Å²) in [6.07, 6.45) is 16.3. The van der Waals surface area contributed by atoms with E-state index >= 15 is 0 Å². The van der Waals surface area contributed by atoms with Crippen molar-refractivity contribution in [2.45, 2.75) is 134 Å². The second kappa shape index (κ2) is 19.3. The number of nitrogens with zero attached hydrogens (tertiary/aromatic N) is 7. The lowest BCUT2D eigenvalue weighted by atomic mass is 9.89. The third kappa shape index (κ3) is 10.3. The SMILES string of the molecule is CC(C)n1nc(-c2noc(C3CC3)c2-c2ccc(CNC(=O)CCCCCCCCCN3CCC(c4ccc(OC5CCC(=O)NC5=O)cc4)CC3)cn2)c2c(N)ncnc21. The summed E-state index contributed by atoms with van der Waals surface area (Å²) in [7, 11) is 0. The van der Waals surface area contributed by atoms with E-state index in [1.165, 1.54) is 37.6 Å². The van der Waals surface area contributed by atoms with Gasteiger partial charge in [0.05, 0.1) is 16.6 Å². The van der Waals surface area contributed by atoms with Crippen LogP contribution in [0.5, 0.6) is 5.75 Å². The fourth-order valence-electron chi connectivity index (χ4n) is 8.59. The molecule has 8 rings (SSSR count). The van der Waals surface area contributed by atoms with Gasteiger partial charge in [0.15, 0.2) is 11.8 Å². The van der Waals surface area contributed by atoms with Gasteiger partial charge in [-0.25, -0.2) is 14.6 Å². The molecule has 1 aliphatic carbocycles. The molecular weight excluding hydrogens is 773 g/mol. The second-order valence-corrected chi connectivity index (χ2v) is 17.2. The van der Waals surface area contributed by atoms with Crippen molar-refractivity contribution < 1.29 is 23.6 Å². The molecule has 0 bridgehead atoms. The molecule has 4 aromatic heterocycles. The minimum atomic E-state index is -0.607. The van der Waals surface area contributed by atoms with E-state index in [2.05, 4.69) is 42.8 Å². The number of nitrogen functional groups attached to an aromatic ring is 1. The number of anilines is 1. The molecule has 2 aliphatic heterocycles. The van der Waals surface area contributed by atoms with E-state index in [1.807, 2.05) is 42.8 Å². The van der Waals surface area contributed by atoms with Crippen molar-refractivity contribution in [2.75, 3.05) is 25.4 Å². The normalized spacial score (nSPS) is 17.6. The number of hydrogen-bond acceptors (Lipinski definition) is 12. The number of unbranched alkanes of at least 4 members (excludes halogenated alkanes) is 6. The molecule has 2 saturated heterocycles. The molecule has 322 valence electrons. The lowest BCUT2D eigenvalue weighted by Crippen LogP contribution is -2.46. The van der Waals surface area contributed by atoms with Gasteiger partial charge < -0.3 is 25.2 Å². The number of nitrogens with two attached hydrogens (primary N) is 1. The highest BCUT2D eigenvalue weighted by Gasteiger charge is 2.35. The highest BCUT2D eigenvalue weighted by atomic mass is 16.5. The maximum absolute atomic E-state index is 12.7. The highest BCUT2D eigenvalue weighted by molar-refractivity contribution is 6.01. The Balaban J connectivity index is 0.701. The lowest BCUT2D eigenvalue weighted by Gasteiger charge is -2.32. The maximum Gasteiger partial charge on any atom is 0.267 e. The van der Waals surface area contributed by atoms with Gasteiger partial charge >= 0.3 is 0 Å². The van der Waals surface area contributed by atoms with Gasteiger partial charge in [0.25, 0.3) is 5.91 Å². The molecular formula is C46H58N10O5. The standard InChI is InChI=1S/C46H58N10O5/c1-29(2)56-45-40(44(47)50-28-51-45)41(53-56)42-39(43(61-54-42)33-12-13-33)35-18-11-30(26-48-35)27-49-37(57)10-8-6-4-3-5-7-9-23-55-24-21-32(22-25-55)31-14-16-34(17-15-31)60-36-19-20-38(58)52-46(36)59/h11,14-18,26,28-29,32-33,36H,3-10,12-13,19-25,27H2,1-2H3,(H,49,57)(H2,47,50,51)(H,52,58,59). The number of aromatic nitrogens is 6. The van der Waals surface area contributed by atoms with Crippen LogP contribution in [0.4, 0.5) is 5.82 Å². The van der Waals surface area contributed by atoms with Crippen LogP contribution in [-0.2, 0) is 20.9 Å². The highest BCUT2D eigenvalue weighted by Crippen LogP contribution is 2.48. The molecule has 1 saturated carbocycles. The molecule has 0 radical (unpaired) electrons. The van der Waals surface area contributed by atoms with Crippen molar-refractivity contribution in [3.05, 3.63) is 65.8 Å². The van der Waals surface area contributed by atoms with Crippen LogP contribution in [0.15, 0.2) is 53.4 Å². The zero-order chi connectivity index (χ0) is 42.3. The van der Waals surface area contributed by atoms with Crippen LogP contribution in [0.25, 0.3) is 33.7 Å². The van der Waals surface area contributed by atoms with E-state index < -0.39 is 6.10 Å². The van der Waals surface area contributed by atoms with Crippen LogP contribution in [-0.4, -0.2) is 78.2 Å². The van der Waals surface area contributed by atoms with E-state index in [9.17, 15) is 14.4 Å². The fourth-order valence-corrected chi connectivity index (χ4v) is 8.59. The molecule has 15 heteroatoms. The van der Waals surface area contributed by atoms with Gasteiger partial charge in [0.1, 0.15) is 35.0 Å². The number of pyridine rings is 1. The molecule has 4 N–H and O–H groups in total.